The van der Waals surface area contributed by atoms with E-state index in [9.17, 15) is 14.0 Å². The molecule has 5 nitrogen and oxygen atoms in total. The van der Waals surface area contributed by atoms with Crippen LogP contribution in [0.5, 0.6) is 5.75 Å². The Kier molecular flexibility index (Phi) is 3.66. The van der Waals surface area contributed by atoms with E-state index in [4.69, 9.17) is 4.74 Å². The van der Waals surface area contributed by atoms with E-state index >= 15 is 0 Å². The first-order valence-corrected chi connectivity index (χ1v) is 10.1. The molecule has 2 fully saturated rings. The van der Waals surface area contributed by atoms with Crippen LogP contribution in [0.25, 0.3) is 0 Å². The van der Waals surface area contributed by atoms with E-state index in [1.54, 1.807) is 18.2 Å². The first-order chi connectivity index (χ1) is 14.6. The van der Waals surface area contributed by atoms with E-state index in [1.807, 2.05) is 30.3 Å². The van der Waals surface area contributed by atoms with Gasteiger partial charge in [-0.15, -0.1) is 0 Å². The lowest BCUT2D eigenvalue weighted by atomic mass is 9.86. The smallest absolute Gasteiger partial charge is 0.250 e. The van der Waals surface area contributed by atoms with Gasteiger partial charge in [0.1, 0.15) is 18.2 Å². The summed E-state index contributed by atoms with van der Waals surface area (Å²) in [5.41, 5.74) is 2.72. The van der Waals surface area contributed by atoms with Crippen LogP contribution >= 0.6 is 0 Å². The van der Waals surface area contributed by atoms with E-state index < -0.39 is 5.92 Å². The number of allylic oxidation sites excluding steroid dienone is 2. The fraction of sp³-hybridized carbons (Fsp3) is 0.250. The normalized spacial score (nSPS) is 30.6. The van der Waals surface area contributed by atoms with Gasteiger partial charge >= 0.3 is 0 Å². The summed E-state index contributed by atoms with van der Waals surface area (Å²) in [6.07, 6.45) is 2.28. The standard InChI is InChI=1S/C24H19FN2O3/c25-18-10-17-20(24(29)27-21(17)15-9-14(15)18)22-23(28)16-8-13(6-7-19(16)26-22)30-11-12-4-2-1-3-5-12/h1-8,10,14-15,17,21,26H,9,11H2,(H,27,29)/b22-20-. The zero-order valence-corrected chi connectivity index (χ0v) is 16.0. The summed E-state index contributed by atoms with van der Waals surface area (Å²) in [5, 5.41) is 6.06. The molecule has 1 saturated heterocycles. The van der Waals surface area contributed by atoms with Crippen molar-refractivity contribution in [2.75, 3.05) is 5.32 Å². The minimum Gasteiger partial charge on any atom is -0.489 e. The molecule has 1 saturated carbocycles. The number of halogens is 1. The van der Waals surface area contributed by atoms with Gasteiger partial charge in [-0.2, -0.15) is 0 Å². The molecule has 6 heteroatoms. The lowest BCUT2D eigenvalue weighted by Gasteiger charge is -2.20. The second-order valence-corrected chi connectivity index (χ2v) is 8.31. The third-order valence-corrected chi connectivity index (χ3v) is 6.50. The van der Waals surface area contributed by atoms with E-state index in [-0.39, 0.29) is 41.1 Å². The maximum absolute atomic E-state index is 14.3. The summed E-state index contributed by atoms with van der Waals surface area (Å²) in [6, 6.07) is 14.9. The number of carbonyl (C=O) groups excluding carboxylic acids is 2. The third-order valence-electron chi connectivity index (χ3n) is 6.50. The Morgan fingerprint density at radius 2 is 1.93 bits per heavy atom. The molecule has 2 aromatic rings. The van der Waals surface area contributed by atoms with Gasteiger partial charge in [0.15, 0.2) is 0 Å². The van der Waals surface area contributed by atoms with Gasteiger partial charge in [-0.3, -0.25) is 9.59 Å². The van der Waals surface area contributed by atoms with Gasteiger partial charge in [0.2, 0.25) is 11.7 Å². The number of carbonyl (C=O) groups is 2. The van der Waals surface area contributed by atoms with Gasteiger partial charge in [0.05, 0.1) is 22.5 Å². The summed E-state index contributed by atoms with van der Waals surface area (Å²) < 4.78 is 20.1. The van der Waals surface area contributed by atoms with Gasteiger partial charge in [-0.05, 0) is 42.2 Å². The SMILES string of the molecule is O=C1NC2C(C=C(F)C3CC32)/C1=C1/Nc2ccc(OCc3ccccc3)cc2C1=O. The molecule has 4 atom stereocenters. The van der Waals surface area contributed by atoms with Crippen molar-refractivity contribution in [1.82, 2.24) is 5.32 Å². The van der Waals surface area contributed by atoms with E-state index in [0.29, 0.717) is 29.2 Å². The number of rotatable bonds is 3. The zero-order chi connectivity index (χ0) is 20.4. The second kappa shape index (κ2) is 6.29. The van der Waals surface area contributed by atoms with Gasteiger partial charge in [-0.25, -0.2) is 4.39 Å². The molecule has 0 aromatic heterocycles. The maximum Gasteiger partial charge on any atom is 0.250 e. The molecular weight excluding hydrogens is 383 g/mol. The molecule has 0 spiro atoms. The second-order valence-electron chi connectivity index (χ2n) is 8.31. The Bertz CT molecular complexity index is 1150. The topological polar surface area (TPSA) is 67.4 Å². The highest BCUT2D eigenvalue weighted by Gasteiger charge is 2.57. The summed E-state index contributed by atoms with van der Waals surface area (Å²) in [5.74, 6) is -0.453. The Hall–Kier alpha value is -3.41. The average molecular weight is 402 g/mol. The Morgan fingerprint density at radius 1 is 1.10 bits per heavy atom. The minimum atomic E-state index is -0.407. The van der Waals surface area contributed by atoms with Crippen LogP contribution in [0.2, 0.25) is 0 Å². The number of fused-ring (bicyclic) bond motifs is 4. The molecule has 4 aliphatic rings. The van der Waals surface area contributed by atoms with Crippen LogP contribution in [0, 0.1) is 17.8 Å². The van der Waals surface area contributed by atoms with E-state index in [2.05, 4.69) is 10.6 Å². The molecule has 2 heterocycles. The molecular formula is C24H19FN2O3. The summed E-state index contributed by atoms with van der Waals surface area (Å²) in [7, 11) is 0. The summed E-state index contributed by atoms with van der Waals surface area (Å²) >= 11 is 0. The maximum atomic E-state index is 14.3. The van der Waals surface area contributed by atoms with Crippen LogP contribution in [-0.4, -0.2) is 17.7 Å². The number of ether oxygens (including phenoxy) is 1. The van der Waals surface area contributed by atoms with Crippen molar-refractivity contribution >= 4 is 17.4 Å². The Balaban J connectivity index is 1.30. The van der Waals surface area contributed by atoms with Gasteiger partial charge in [0.25, 0.3) is 0 Å². The van der Waals surface area contributed by atoms with Gasteiger partial charge < -0.3 is 15.4 Å². The highest BCUT2D eigenvalue weighted by molar-refractivity contribution is 6.22. The first kappa shape index (κ1) is 17.4. The fourth-order valence-electron chi connectivity index (χ4n) is 4.88. The molecule has 30 heavy (non-hydrogen) atoms. The molecule has 0 radical (unpaired) electrons. The van der Waals surface area contributed by atoms with Gasteiger partial charge in [0, 0.05) is 17.9 Å². The van der Waals surface area contributed by atoms with Crippen molar-refractivity contribution < 1.29 is 18.7 Å². The number of ketones is 1. The van der Waals surface area contributed by atoms with Crippen molar-refractivity contribution in [2.24, 2.45) is 17.8 Å². The van der Waals surface area contributed by atoms with Crippen molar-refractivity contribution in [3.8, 4) is 5.75 Å². The number of Topliss-reactive ketones (excluding diaryl/α,β-unsaturated/α-hetero) is 1. The molecule has 2 N–H and O–H groups in total. The van der Waals surface area contributed by atoms with Crippen LogP contribution in [-0.2, 0) is 11.4 Å². The Morgan fingerprint density at radius 3 is 2.77 bits per heavy atom. The van der Waals surface area contributed by atoms with Crippen molar-refractivity contribution in [1.29, 1.82) is 0 Å². The van der Waals surface area contributed by atoms with Gasteiger partial charge in [-0.1, -0.05) is 30.3 Å². The van der Waals surface area contributed by atoms with Crippen molar-refractivity contribution in [3.05, 3.63) is 82.8 Å². The van der Waals surface area contributed by atoms with E-state index in [1.165, 1.54) is 6.08 Å². The quantitative estimate of drug-likeness (QED) is 0.768. The number of hydrogen-bond donors (Lipinski definition) is 2. The third kappa shape index (κ3) is 2.60. The number of benzene rings is 2. The first-order valence-electron chi connectivity index (χ1n) is 10.1. The highest BCUT2D eigenvalue weighted by Crippen LogP contribution is 2.55. The molecule has 6 rings (SSSR count). The highest BCUT2D eigenvalue weighted by atomic mass is 19.1. The molecule has 0 bridgehead atoms. The minimum absolute atomic E-state index is 0.0651. The lowest BCUT2D eigenvalue weighted by Crippen LogP contribution is -2.32. The number of amides is 1. The predicted molar refractivity (Wildman–Crippen MR) is 108 cm³/mol. The Labute approximate surface area is 172 Å². The molecule has 2 aromatic carbocycles. The summed E-state index contributed by atoms with van der Waals surface area (Å²) in [4.78, 5) is 25.8. The molecule has 2 aliphatic heterocycles. The largest absolute Gasteiger partial charge is 0.489 e. The van der Waals surface area contributed by atoms with E-state index in [0.717, 1.165) is 12.0 Å². The number of hydrogen-bond acceptors (Lipinski definition) is 4. The monoisotopic (exact) mass is 402 g/mol. The molecule has 4 unspecified atom stereocenters. The molecule has 2 aliphatic carbocycles. The lowest BCUT2D eigenvalue weighted by molar-refractivity contribution is -0.116. The fourth-order valence-corrected chi connectivity index (χ4v) is 4.88. The van der Waals surface area contributed by atoms with Crippen LogP contribution in [0.15, 0.2) is 71.7 Å². The number of anilines is 1. The molecule has 150 valence electrons. The van der Waals surface area contributed by atoms with Crippen LogP contribution < -0.4 is 15.4 Å². The van der Waals surface area contributed by atoms with Crippen LogP contribution in [0.4, 0.5) is 10.1 Å². The zero-order valence-electron chi connectivity index (χ0n) is 16.0. The van der Waals surface area contributed by atoms with Crippen molar-refractivity contribution in [3.63, 3.8) is 0 Å². The molecule has 1 amide bonds. The van der Waals surface area contributed by atoms with Crippen LogP contribution in [0.1, 0.15) is 22.3 Å². The predicted octanol–water partition coefficient (Wildman–Crippen LogP) is 3.75. The average Bonchev–Trinajstić information content (AvgIpc) is 3.42. The van der Waals surface area contributed by atoms with Crippen LogP contribution in [0.3, 0.4) is 0 Å². The summed E-state index contributed by atoms with van der Waals surface area (Å²) in [6.45, 7) is 0.397. The van der Waals surface area contributed by atoms with Crippen molar-refractivity contribution in [2.45, 2.75) is 19.1 Å². The number of nitrogens with one attached hydrogen (secondary N) is 2.